The van der Waals surface area contributed by atoms with Crippen LogP contribution in [0.25, 0.3) is 0 Å². The van der Waals surface area contributed by atoms with E-state index in [2.05, 4.69) is 46.3 Å². The number of carbonyl (C=O) groups is 1. The van der Waals surface area contributed by atoms with Crippen molar-refractivity contribution in [2.45, 2.75) is 26.4 Å². The number of nitrogens with zero attached hydrogens (tertiary/aromatic N) is 2. The maximum atomic E-state index is 13.2. The Labute approximate surface area is 154 Å². The molecule has 0 saturated carbocycles. The topological polar surface area (TPSA) is 35.6 Å². The van der Waals surface area contributed by atoms with Gasteiger partial charge in [-0.2, -0.15) is 0 Å². The number of carbonyl (C=O) groups excluding carboxylic acids is 1. The van der Waals surface area contributed by atoms with Crippen LogP contribution in [0, 0.1) is 12.7 Å². The van der Waals surface area contributed by atoms with Crippen molar-refractivity contribution in [1.82, 2.24) is 10.2 Å². The van der Waals surface area contributed by atoms with E-state index in [-0.39, 0.29) is 17.8 Å². The minimum absolute atomic E-state index is 0.0152. The Hall–Kier alpha value is -2.40. The number of anilines is 1. The van der Waals surface area contributed by atoms with E-state index in [0.29, 0.717) is 6.54 Å². The van der Waals surface area contributed by atoms with E-state index in [9.17, 15) is 9.18 Å². The van der Waals surface area contributed by atoms with Gasteiger partial charge in [-0.1, -0.05) is 30.3 Å². The molecule has 0 aromatic heterocycles. The molecule has 1 unspecified atom stereocenters. The molecule has 1 N–H and O–H groups in total. The van der Waals surface area contributed by atoms with Gasteiger partial charge >= 0.3 is 0 Å². The molecule has 2 aromatic rings. The molecule has 1 amide bonds. The molecule has 4 nitrogen and oxygen atoms in total. The second kappa shape index (κ2) is 8.32. The fourth-order valence-corrected chi connectivity index (χ4v) is 3.42. The van der Waals surface area contributed by atoms with Crippen molar-refractivity contribution in [2.24, 2.45) is 0 Å². The van der Waals surface area contributed by atoms with Crippen LogP contribution in [0.3, 0.4) is 0 Å². The second-order valence-electron chi connectivity index (χ2n) is 6.83. The summed E-state index contributed by atoms with van der Waals surface area (Å²) in [4.78, 5) is 17.0. The molecule has 138 valence electrons. The molecule has 1 heterocycles. The Morgan fingerprint density at radius 2 is 1.85 bits per heavy atom. The molecule has 0 radical (unpaired) electrons. The first-order valence-corrected chi connectivity index (χ1v) is 9.11. The highest BCUT2D eigenvalue weighted by atomic mass is 19.1. The summed E-state index contributed by atoms with van der Waals surface area (Å²) in [6, 6.07) is 14.5. The van der Waals surface area contributed by atoms with Crippen LogP contribution in [-0.4, -0.2) is 43.0 Å². The number of rotatable bonds is 5. The molecule has 3 rings (SSSR count). The Balaban J connectivity index is 1.50. The lowest BCUT2D eigenvalue weighted by molar-refractivity contribution is -0.126. The highest BCUT2D eigenvalue weighted by molar-refractivity contribution is 5.81. The second-order valence-corrected chi connectivity index (χ2v) is 6.83. The first kappa shape index (κ1) is 18.4. The van der Waals surface area contributed by atoms with Crippen molar-refractivity contribution in [1.29, 1.82) is 0 Å². The number of nitrogens with one attached hydrogen (secondary N) is 1. The number of hydrogen-bond acceptors (Lipinski definition) is 3. The molecule has 1 fully saturated rings. The van der Waals surface area contributed by atoms with Gasteiger partial charge in [-0.3, -0.25) is 9.69 Å². The summed E-state index contributed by atoms with van der Waals surface area (Å²) < 4.78 is 13.2. The van der Waals surface area contributed by atoms with Gasteiger partial charge in [-0.05, 0) is 43.2 Å². The minimum Gasteiger partial charge on any atom is -0.369 e. The van der Waals surface area contributed by atoms with Crippen molar-refractivity contribution in [2.75, 3.05) is 31.1 Å². The normalized spacial score (nSPS) is 16.3. The molecule has 0 spiro atoms. The number of benzene rings is 2. The molecule has 1 aliphatic heterocycles. The van der Waals surface area contributed by atoms with Gasteiger partial charge < -0.3 is 10.2 Å². The Morgan fingerprint density at radius 3 is 2.54 bits per heavy atom. The average Bonchev–Trinajstić information content (AvgIpc) is 2.66. The highest BCUT2D eigenvalue weighted by Crippen LogP contribution is 2.21. The van der Waals surface area contributed by atoms with E-state index < -0.39 is 0 Å². The smallest absolute Gasteiger partial charge is 0.237 e. The van der Waals surface area contributed by atoms with Crippen molar-refractivity contribution >= 4 is 11.6 Å². The molecule has 1 atom stereocenters. The average molecular weight is 355 g/mol. The van der Waals surface area contributed by atoms with E-state index in [1.54, 1.807) is 6.07 Å². The predicted octanol–water partition coefficient (Wildman–Crippen LogP) is 2.96. The van der Waals surface area contributed by atoms with Crippen LogP contribution in [0.15, 0.2) is 48.5 Å². The van der Waals surface area contributed by atoms with Crippen molar-refractivity contribution in [3.8, 4) is 0 Å². The summed E-state index contributed by atoms with van der Waals surface area (Å²) in [5.41, 5.74) is 3.33. The Bertz CT molecular complexity index is 756. The van der Waals surface area contributed by atoms with Gasteiger partial charge in [0.25, 0.3) is 0 Å². The van der Waals surface area contributed by atoms with E-state index in [4.69, 9.17) is 0 Å². The summed E-state index contributed by atoms with van der Waals surface area (Å²) in [6.07, 6.45) is 0. The van der Waals surface area contributed by atoms with Gasteiger partial charge in [-0.25, -0.2) is 4.39 Å². The molecule has 0 bridgehead atoms. The van der Waals surface area contributed by atoms with Crippen LogP contribution in [0.2, 0.25) is 0 Å². The van der Waals surface area contributed by atoms with Crippen LogP contribution in [0.5, 0.6) is 0 Å². The summed E-state index contributed by atoms with van der Waals surface area (Å²) >= 11 is 0. The minimum atomic E-state index is -0.280. The maximum Gasteiger partial charge on any atom is 0.237 e. The monoisotopic (exact) mass is 355 g/mol. The van der Waals surface area contributed by atoms with E-state index >= 15 is 0 Å². The van der Waals surface area contributed by atoms with Crippen molar-refractivity contribution in [3.63, 3.8) is 0 Å². The van der Waals surface area contributed by atoms with Crippen LogP contribution < -0.4 is 10.2 Å². The number of para-hydroxylation sites is 1. The lowest BCUT2D eigenvalue weighted by Gasteiger charge is -2.39. The molecule has 5 heteroatoms. The van der Waals surface area contributed by atoms with E-state index in [0.717, 1.165) is 31.7 Å². The lowest BCUT2D eigenvalue weighted by Crippen LogP contribution is -2.54. The van der Waals surface area contributed by atoms with E-state index in [1.165, 1.54) is 23.4 Å². The lowest BCUT2D eigenvalue weighted by atomic mass is 10.1. The number of piperazine rings is 1. The third-order valence-electron chi connectivity index (χ3n) is 5.05. The number of hydrogen-bond donors (Lipinski definition) is 1. The zero-order valence-electron chi connectivity index (χ0n) is 15.4. The zero-order valence-corrected chi connectivity index (χ0v) is 15.4. The maximum absolute atomic E-state index is 13.2. The van der Waals surface area contributed by atoms with Crippen LogP contribution >= 0.6 is 0 Å². The van der Waals surface area contributed by atoms with Gasteiger partial charge in [0.2, 0.25) is 5.91 Å². The first-order chi connectivity index (χ1) is 12.5. The molecular formula is C21H26FN3O. The standard InChI is InChI=1S/C21H26FN3O/c1-16-6-3-4-9-20(16)25-12-10-24(11-13-25)17(2)21(26)23-15-18-7-5-8-19(22)14-18/h3-9,14,17H,10-13,15H2,1-2H3,(H,23,26). The summed E-state index contributed by atoms with van der Waals surface area (Å²) in [5, 5.41) is 2.91. The third kappa shape index (κ3) is 4.41. The van der Waals surface area contributed by atoms with Gasteiger partial charge in [0.1, 0.15) is 5.82 Å². The van der Waals surface area contributed by atoms with Crippen LogP contribution in [0.1, 0.15) is 18.1 Å². The van der Waals surface area contributed by atoms with Gasteiger partial charge in [0, 0.05) is 38.4 Å². The largest absolute Gasteiger partial charge is 0.369 e. The van der Waals surface area contributed by atoms with Crippen molar-refractivity contribution < 1.29 is 9.18 Å². The highest BCUT2D eigenvalue weighted by Gasteiger charge is 2.25. The fraction of sp³-hybridized carbons (Fsp3) is 0.381. The van der Waals surface area contributed by atoms with Gasteiger partial charge in [-0.15, -0.1) is 0 Å². The molecule has 1 saturated heterocycles. The molecule has 1 aliphatic rings. The van der Waals surface area contributed by atoms with Crippen LogP contribution in [-0.2, 0) is 11.3 Å². The molecule has 26 heavy (non-hydrogen) atoms. The quantitative estimate of drug-likeness (QED) is 0.896. The number of aryl methyl sites for hydroxylation is 1. The fourth-order valence-electron chi connectivity index (χ4n) is 3.42. The Morgan fingerprint density at radius 1 is 1.12 bits per heavy atom. The SMILES string of the molecule is Cc1ccccc1N1CCN(C(C)C(=O)NCc2cccc(F)c2)CC1. The van der Waals surface area contributed by atoms with Crippen LogP contribution in [0.4, 0.5) is 10.1 Å². The summed E-state index contributed by atoms with van der Waals surface area (Å²) in [7, 11) is 0. The number of halogens is 1. The van der Waals surface area contributed by atoms with E-state index in [1.807, 2.05) is 13.0 Å². The predicted molar refractivity (Wildman–Crippen MR) is 103 cm³/mol. The summed E-state index contributed by atoms with van der Waals surface area (Å²) in [6.45, 7) is 7.93. The van der Waals surface area contributed by atoms with Gasteiger partial charge in [0.05, 0.1) is 6.04 Å². The first-order valence-electron chi connectivity index (χ1n) is 9.11. The zero-order chi connectivity index (χ0) is 18.5. The summed E-state index contributed by atoms with van der Waals surface area (Å²) in [5.74, 6) is -0.296. The van der Waals surface area contributed by atoms with Gasteiger partial charge in [0.15, 0.2) is 0 Å². The molecule has 0 aliphatic carbocycles. The molecular weight excluding hydrogens is 329 g/mol. The molecule has 2 aromatic carbocycles. The third-order valence-corrected chi connectivity index (χ3v) is 5.05. The Kier molecular flexibility index (Phi) is 5.89. The van der Waals surface area contributed by atoms with Crippen molar-refractivity contribution in [3.05, 3.63) is 65.5 Å². The number of amides is 1.